The second-order valence-electron chi connectivity index (χ2n) is 3.97. The van der Waals surface area contributed by atoms with E-state index in [-0.39, 0.29) is 18.3 Å². The molecular formula is C13H20BrClN2O2. The maximum absolute atomic E-state index is 11.6. The highest BCUT2D eigenvalue weighted by Crippen LogP contribution is 2.15. The number of carbonyl (C=O) groups is 1. The summed E-state index contributed by atoms with van der Waals surface area (Å²) in [5.74, 6) is 0.943. The van der Waals surface area contributed by atoms with Gasteiger partial charge in [-0.2, -0.15) is 0 Å². The fraction of sp³-hybridized carbons (Fsp3) is 0.462. The molecule has 108 valence electrons. The first-order valence-corrected chi connectivity index (χ1v) is 6.69. The van der Waals surface area contributed by atoms with E-state index >= 15 is 0 Å². The summed E-state index contributed by atoms with van der Waals surface area (Å²) in [7, 11) is 3.63. The Balaban J connectivity index is 0.00000324. The van der Waals surface area contributed by atoms with Crippen LogP contribution in [0.25, 0.3) is 0 Å². The molecule has 4 nitrogen and oxygen atoms in total. The predicted octanol–water partition coefficient (Wildman–Crippen LogP) is 2.32. The van der Waals surface area contributed by atoms with E-state index in [2.05, 4.69) is 21.2 Å². The second-order valence-corrected chi connectivity index (χ2v) is 4.89. The normalized spacial score (nSPS) is 9.63. The van der Waals surface area contributed by atoms with Gasteiger partial charge in [-0.25, -0.2) is 0 Å². The van der Waals surface area contributed by atoms with Crippen molar-refractivity contribution >= 4 is 34.2 Å². The van der Waals surface area contributed by atoms with E-state index in [0.717, 1.165) is 10.2 Å². The Morgan fingerprint density at radius 2 is 2.00 bits per heavy atom. The van der Waals surface area contributed by atoms with Crippen LogP contribution in [-0.2, 0) is 4.79 Å². The van der Waals surface area contributed by atoms with Gasteiger partial charge in [-0.1, -0.05) is 15.9 Å². The van der Waals surface area contributed by atoms with Gasteiger partial charge in [0.05, 0.1) is 6.54 Å². The van der Waals surface area contributed by atoms with Crippen molar-refractivity contribution in [1.29, 1.82) is 0 Å². The molecule has 0 aliphatic heterocycles. The van der Waals surface area contributed by atoms with Crippen LogP contribution in [0.3, 0.4) is 0 Å². The van der Waals surface area contributed by atoms with Crippen LogP contribution in [0.4, 0.5) is 0 Å². The van der Waals surface area contributed by atoms with Crippen molar-refractivity contribution < 1.29 is 9.53 Å². The van der Waals surface area contributed by atoms with Gasteiger partial charge in [-0.3, -0.25) is 4.79 Å². The van der Waals surface area contributed by atoms with Crippen LogP contribution < -0.4 is 10.1 Å². The zero-order valence-corrected chi connectivity index (χ0v) is 13.6. The summed E-state index contributed by atoms with van der Waals surface area (Å²) in [6, 6.07) is 7.65. The van der Waals surface area contributed by atoms with Crippen molar-refractivity contribution in [3.8, 4) is 5.75 Å². The van der Waals surface area contributed by atoms with Crippen LogP contribution in [0.1, 0.15) is 6.42 Å². The van der Waals surface area contributed by atoms with Gasteiger partial charge < -0.3 is 15.0 Å². The van der Waals surface area contributed by atoms with Gasteiger partial charge in [0.25, 0.3) is 0 Å². The van der Waals surface area contributed by atoms with E-state index in [4.69, 9.17) is 4.74 Å². The lowest BCUT2D eigenvalue weighted by molar-refractivity contribution is -0.130. The van der Waals surface area contributed by atoms with Gasteiger partial charge in [-0.05, 0) is 31.3 Å². The fourth-order valence-corrected chi connectivity index (χ4v) is 1.64. The van der Waals surface area contributed by atoms with Gasteiger partial charge in [0.1, 0.15) is 12.4 Å². The summed E-state index contributed by atoms with van der Waals surface area (Å²) in [5, 5.41) is 2.96. The van der Waals surface area contributed by atoms with E-state index in [0.29, 0.717) is 26.1 Å². The maximum atomic E-state index is 11.6. The van der Waals surface area contributed by atoms with Crippen molar-refractivity contribution in [3.63, 3.8) is 0 Å². The monoisotopic (exact) mass is 350 g/mol. The van der Waals surface area contributed by atoms with E-state index in [1.807, 2.05) is 31.3 Å². The molecule has 0 radical (unpaired) electrons. The number of rotatable bonds is 7. The Kier molecular flexibility index (Phi) is 9.65. The van der Waals surface area contributed by atoms with Gasteiger partial charge in [0.15, 0.2) is 0 Å². The number of amides is 1. The molecule has 0 saturated carbocycles. The van der Waals surface area contributed by atoms with E-state index in [1.54, 1.807) is 11.9 Å². The second kappa shape index (κ2) is 10.1. The summed E-state index contributed by atoms with van der Waals surface area (Å²) < 4.78 is 6.58. The third kappa shape index (κ3) is 7.40. The van der Waals surface area contributed by atoms with Crippen LogP contribution >= 0.6 is 28.3 Å². The van der Waals surface area contributed by atoms with Crippen molar-refractivity contribution in [2.75, 3.05) is 33.8 Å². The first kappa shape index (κ1) is 18.2. The number of carbonyl (C=O) groups excluding carboxylic acids is 1. The standard InChI is InChI=1S/C13H19BrN2O2.ClH/c1-15-8-7-13(17)16(2)9-10-18-12-5-3-11(14)4-6-12;/h3-6,15H,7-10H2,1-2H3;1H. The minimum absolute atomic E-state index is 0. The molecule has 0 spiro atoms. The molecule has 0 heterocycles. The number of hydrogen-bond donors (Lipinski definition) is 1. The molecule has 0 atom stereocenters. The Morgan fingerprint density at radius 3 is 2.58 bits per heavy atom. The molecule has 1 aromatic rings. The third-order valence-electron chi connectivity index (χ3n) is 2.52. The highest BCUT2D eigenvalue weighted by molar-refractivity contribution is 9.10. The maximum Gasteiger partial charge on any atom is 0.223 e. The minimum atomic E-state index is 0. The first-order chi connectivity index (χ1) is 8.63. The highest BCUT2D eigenvalue weighted by atomic mass is 79.9. The van der Waals surface area contributed by atoms with Crippen molar-refractivity contribution in [1.82, 2.24) is 10.2 Å². The van der Waals surface area contributed by atoms with Crippen LogP contribution in [0.2, 0.25) is 0 Å². The molecule has 0 fully saturated rings. The molecule has 0 aliphatic rings. The lowest BCUT2D eigenvalue weighted by Gasteiger charge is -2.17. The first-order valence-electron chi connectivity index (χ1n) is 5.90. The zero-order chi connectivity index (χ0) is 13.4. The number of hydrogen-bond acceptors (Lipinski definition) is 3. The average molecular weight is 352 g/mol. The number of benzene rings is 1. The van der Waals surface area contributed by atoms with Gasteiger partial charge in [0, 0.05) is 24.5 Å². The van der Waals surface area contributed by atoms with Crippen LogP contribution in [0.5, 0.6) is 5.75 Å². The Bertz CT molecular complexity index is 373. The molecule has 0 saturated heterocycles. The smallest absolute Gasteiger partial charge is 0.223 e. The summed E-state index contributed by atoms with van der Waals surface area (Å²) >= 11 is 3.37. The highest BCUT2D eigenvalue weighted by Gasteiger charge is 2.07. The van der Waals surface area contributed by atoms with Gasteiger partial charge in [-0.15, -0.1) is 12.4 Å². The molecule has 0 aliphatic carbocycles. The number of nitrogens with one attached hydrogen (secondary N) is 1. The molecule has 1 N–H and O–H groups in total. The molecule has 0 unspecified atom stereocenters. The minimum Gasteiger partial charge on any atom is -0.492 e. The molecule has 0 aromatic heterocycles. The van der Waals surface area contributed by atoms with Gasteiger partial charge >= 0.3 is 0 Å². The number of likely N-dealkylation sites (N-methyl/N-ethyl adjacent to an activating group) is 1. The Hall–Kier alpha value is -0.780. The Labute approximate surface area is 129 Å². The van der Waals surface area contributed by atoms with E-state index in [1.165, 1.54) is 0 Å². The van der Waals surface area contributed by atoms with Crippen LogP contribution in [0.15, 0.2) is 28.7 Å². The topological polar surface area (TPSA) is 41.6 Å². The predicted molar refractivity (Wildman–Crippen MR) is 83.1 cm³/mol. The average Bonchev–Trinajstić information content (AvgIpc) is 2.38. The number of halogens is 2. The zero-order valence-electron chi connectivity index (χ0n) is 11.2. The molecule has 19 heavy (non-hydrogen) atoms. The van der Waals surface area contributed by atoms with Crippen molar-refractivity contribution in [2.24, 2.45) is 0 Å². The lowest BCUT2D eigenvalue weighted by atomic mass is 10.3. The quantitative estimate of drug-likeness (QED) is 0.820. The fourth-order valence-electron chi connectivity index (χ4n) is 1.38. The molecule has 0 bridgehead atoms. The third-order valence-corrected chi connectivity index (χ3v) is 3.05. The Morgan fingerprint density at radius 1 is 1.37 bits per heavy atom. The van der Waals surface area contributed by atoms with Crippen LogP contribution in [-0.4, -0.2) is 44.6 Å². The summed E-state index contributed by atoms with van der Waals surface area (Å²) in [6.45, 7) is 1.80. The van der Waals surface area contributed by atoms with Gasteiger partial charge in [0.2, 0.25) is 5.91 Å². The SMILES string of the molecule is CNCCC(=O)N(C)CCOc1ccc(Br)cc1.Cl. The number of ether oxygens (including phenoxy) is 1. The number of nitrogens with zero attached hydrogens (tertiary/aromatic N) is 1. The van der Waals surface area contributed by atoms with E-state index < -0.39 is 0 Å². The molecule has 1 rings (SSSR count). The summed E-state index contributed by atoms with van der Waals surface area (Å²) in [4.78, 5) is 13.3. The summed E-state index contributed by atoms with van der Waals surface area (Å²) in [6.07, 6.45) is 0.519. The van der Waals surface area contributed by atoms with E-state index in [9.17, 15) is 4.79 Å². The van der Waals surface area contributed by atoms with Crippen LogP contribution in [0, 0.1) is 0 Å². The lowest BCUT2D eigenvalue weighted by Crippen LogP contribution is -2.32. The van der Waals surface area contributed by atoms with Crippen molar-refractivity contribution in [3.05, 3.63) is 28.7 Å². The molecule has 1 amide bonds. The largest absolute Gasteiger partial charge is 0.492 e. The van der Waals surface area contributed by atoms with Crippen molar-refractivity contribution in [2.45, 2.75) is 6.42 Å². The summed E-state index contributed by atoms with van der Waals surface area (Å²) in [5.41, 5.74) is 0. The molecule has 6 heteroatoms. The molecule has 1 aromatic carbocycles. The molecular weight excluding hydrogens is 332 g/mol.